The Morgan fingerprint density at radius 1 is 1.00 bits per heavy atom. The Kier molecular flexibility index (Phi) is 4.97. The van der Waals surface area contributed by atoms with Crippen molar-refractivity contribution in [3.63, 3.8) is 0 Å². The van der Waals surface area contributed by atoms with E-state index in [9.17, 15) is 9.59 Å². The fourth-order valence-corrected chi connectivity index (χ4v) is 3.26. The van der Waals surface area contributed by atoms with Crippen molar-refractivity contribution in [3.05, 3.63) is 65.9 Å². The third kappa shape index (κ3) is 3.69. The summed E-state index contributed by atoms with van der Waals surface area (Å²) in [6.45, 7) is 3.79. The molecule has 0 atom stereocenters. The van der Waals surface area contributed by atoms with Gasteiger partial charge in [0.05, 0.1) is 18.4 Å². The van der Waals surface area contributed by atoms with Crippen LogP contribution in [0.5, 0.6) is 0 Å². The molecule has 3 aromatic rings. The fraction of sp³-hybridized carbons (Fsp3) is 0.286. The highest BCUT2D eigenvalue weighted by atomic mass is 16.4. The van der Waals surface area contributed by atoms with Crippen molar-refractivity contribution in [2.24, 2.45) is 0 Å². The van der Waals surface area contributed by atoms with Crippen LogP contribution in [0.4, 0.5) is 0 Å². The number of furan rings is 1. The number of aryl methyl sites for hydroxylation is 1. The Morgan fingerprint density at radius 2 is 1.71 bits per heavy atom. The van der Waals surface area contributed by atoms with Crippen LogP contribution in [0.15, 0.2) is 57.6 Å². The van der Waals surface area contributed by atoms with Gasteiger partial charge in [-0.2, -0.15) is 0 Å². The van der Waals surface area contributed by atoms with Gasteiger partial charge in [0, 0.05) is 31.7 Å². The molecule has 1 fully saturated rings. The van der Waals surface area contributed by atoms with Gasteiger partial charge >= 0.3 is 0 Å². The summed E-state index contributed by atoms with van der Waals surface area (Å²) >= 11 is 0. The molecule has 7 nitrogen and oxygen atoms in total. The molecule has 1 aliphatic heterocycles. The number of piperazine rings is 1. The molecule has 1 aromatic carbocycles. The molecule has 1 saturated heterocycles. The molecular formula is C21H21N3O4. The second-order valence-electron chi connectivity index (χ2n) is 6.72. The number of carbonyl (C=O) groups is 2. The first-order valence-electron chi connectivity index (χ1n) is 9.24. The summed E-state index contributed by atoms with van der Waals surface area (Å²) in [4.78, 5) is 32.9. The van der Waals surface area contributed by atoms with E-state index in [4.69, 9.17) is 8.83 Å². The highest BCUT2D eigenvalue weighted by Gasteiger charge is 2.27. The van der Waals surface area contributed by atoms with Crippen molar-refractivity contribution < 1.29 is 18.4 Å². The Labute approximate surface area is 162 Å². The van der Waals surface area contributed by atoms with Crippen molar-refractivity contribution in [1.29, 1.82) is 0 Å². The SMILES string of the molecule is Cc1nc(-c2ccccc2)oc1CC(=O)N1CCN(C(=O)c2ccco2)CC1. The van der Waals surface area contributed by atoms with Crippen LogP contribution in [0.1, 0.15) is 22.0 Å². The van der Waals surface area contributed by atoms with Gasteiger partial charge in [-0.15, -0.1) is 0 Å². The van der Waals surface area contributed by atoms with E-state index >= 15 is 0 Å². The van der Waals surface area contributed by atoms with Gasteiger partial charge in [-0.1, -0.05) is 18.2 Å². The zero-order valence-electron chi connectivity index (χ0n) is 15.6. The maximum absolute atomic E-state index is 12.7. The van der Waals surface area contributed by atoms with E-state index in [0.717, 1.165) is 11.3 Å². The van der Waals surface area contributed by atoms with Crippen LogP contribution in [0.3, 0.4) is 0 Å². The van der Waals surface area contributed by atoms with E-state index in [1.165, 1.54) is 6.26 Å². The van der Waals surface area contributed by atoms with E-state index in [2.05, 4.69) is 4.98 Å². The van der Waals surface area contributed by atoms with Crippen LogP contribution in [-0.4, -0.2) is 52.8 Å². The summed E-state index contributed by atoms with van der Waals surface area (Å²) < 4.78 is 11.0. The monoisotopic (exact) mass is 379 g/mol. The van der Waals surface area contributed by atoms with Gasteiger partial charge in [0.2, 0.25) is 11.8 Å². The van der Waals surface area contributed by atoms with Gasteiger partial charge in [0.25, 0.3) is 5.91 Å². The molecule has 0 spiro atoms. The van der Waals surface area contributed by atoms with Gasteiger partial charge in [-0.05, 0) is 31.2 Å². The normalized spacial score (nSPS) is 14.3. The van der Waals surface area contributed by atoms with Crippen molar-refractivity contribution in [3.8, 4) is 11.5 Å². The quantitative estimate of drug-likeness (QED) is 0.696. The van der Waals surface area contributed by atoms with Crippen molar-refractivity contribution in [1.82, 2.24) is 14.8 Å². The molecule has 28 heavy (non-hydrogen) atoms. The second-order valence-corrected chi connectivity index (χ2v) is 6.72. The summed E-state index contributed by atoms with van der Waals surface area (Å²) in [6.07, 6.45) is 1.65. The van der Waals surface area contributed by atoms with Gasteiger partial charge in [0.15, 0.2) is 5.76 Å². The topological polar surface area (TPSA) is 79.8 Å². The first kappa shape index (κ1) is 18.0. The summed E-state index contributed by atoms with van der Waals surface area (Å²) in [5.74, 6) is 1.26. The molecule has 1 aliphatic rings. The molecule has 0 radical (unpaired) electrons. The molecule has 7 heteroatoms. The molecule has 0 unspecified atom stereocenters. The zero-order chi connectivity index (χ0) is 19.5. The smallest absolute Gasteiger partial charge is 0.289 e. The first-order chi connectivity index (χ1) is 13.6. The molecular weight excluding hydrogens is 358 g/mol. The van der Waals surface area contributed by atoms with Gasteiger partial charge in [0.1, 0.15) is 5.76 Å². The van der Waals surface area contributed by atoms with Crippen LogP contribution in [0.2, 0.25) is 0 Å². The number of benzene rings is 1. The van der Waals surface area contributed by atoms with Crippen molar-refractivity contribution in [2.45, 2.75) is 13.3 Å². The molecule has 2 amide bonds. The third-order valence-electron chi connectivity index (χ3n) is 4.88. The number of rotatable bonds is 4. The Balaban J connectivity index is 1.36. The third-order valence-corrected chi connectivity index (χ3v) is 4.88. The van der Waals surface area contributed by atoms with Crippen molar-refractivity contribution in [2.75, 3.05) is 26.2 Å². The number of aromatic nitrogens is 1. The number of carbonyl (C=O) groups excluding carboxylic acids is 2. The molecule has 0 aliphatic carbocycles. The Morgan fingerprint density at radius 3 is 2.39 bits per heavy atom. The van der Waals surface area contributed by atoms with Crippen molar-refractivity contribution >= 4 is 11.8 Å². The average molecular weight is 379 g/mol. The minimum Gasteiger partial charge on any atom is -0.459 e. The molecule has 0 saturated carbocycles. The summed E-state index contributed by atoms with van der Waals surface area (Å²) in [5.41, 5.74) is 1.60. The molecule has 2 aromatic heterocycles. The summed E-state index contributed by atoms with van der Waals surface area (Å²) in [5, 5.41) is 0. The lowest BCUT2D eigenvalue weighted by molar-refractivity contribution is -0.132. The minimum atomic E-state index is -0.143. The highest BCUT2D eigenvalue weighted by molar-refractivity contribution is 5.91. The van der Waals surface area contributed by atoms with E-state index in [1.54, 1.807) is 21.9 Å². The molecule has 3 heterocycles. The number of nitrogens with zero attached hydrogens (tertiary/aromatic N) is 3. The zero-order valence-corrected chi connectivity index (χ0v) is 15.6. The molecule has 4 rings (SSSR count). The van der Waals surface area contributed by atoms with Gasteiger partial charge in [-0.3, -0.25) is 9.59 Å². The van der Waals surface area contributed by atoms with Crippen LogP contribution in [0, 0.1) is 6.92 Å². The largest absolute Gasteiger partial charge is 0.459 e. The van der Waals surface area contributed by atoms with E-state index in [1.807, 2.05) is 37.3 Å². The predicted octanol–water partition coefficient (Wildman–Crippen LogP) is 2.77. The number of hydrogen-bond acceptors (Lipinski definition) is 5. The number of oxazole rings is 1. The summed E-state index contributed by atoms with van der Waals surface area (Å²) in [6, 6.07) is 13.0. The maximum atomic E-state index is 12.7. The predicted molar refractivity (Wildman–Crippen MR) is 102 cm³/mol. The lowest BCUT2D eigenvalue weighted by atomic mass is 10.2. The van der Waals surface area contributed by atoms with Gasteiger partial charge in [-0.25, -0.2) is 4.98 Å². The van der Waals surface area contributed by atoms with Crippen LogP contribution >= 0.6 is 0 Å². The molecule has 0 N–H and O–H groups in total. The van der Waals surface area contributed by atoms with E-state index in [0.29, 0.717) is 43.6 Å². The summed E-state index contributed by atoms with van der Waals surface area (Å²) in [7, 11) is 0. The lowest BCUT2D eigenvalue weighted by Gasteiger charge is -2.34. The van der Waals surface area contributed by atoms with Gasteiger partial charge < -0.3 is 18.6 Å². The van der Waals surface area contributed by atoms with Crippen LogP contribution < -0.4 is 0 Å². The maximum Gasteiger partial charge on any atom is 0.289 e. The standard InChI is InChI=1S/C21H21N3O4/c1-15-18(28-20(22-15)16-6-3-2-4-7-16)14-19(25)23-9-11-24(12-10-23)21(26)17-8-5-13-27-17/h2-8,13H,9-12,14H2,1H3. The minimum absolute atomic E-state index is 0.0241. The average Bonchev–Trinajstić information content (AvgIpc) is 3.39. The Bertz CT molecular complexity index is 955. The van der Waals surface area contributed by atoms with E-state index < -0.39 is 0 Å². The molecule has 144 valence electrons. The van der Waals surface area contributed by atoms with Crippen LogP contribution in [-0.2, 0) is 11.2 Å². The fourth-order valence-electron chi connectivity index (χ4n) is 3.26. The van der Waals surface area contributed by atoms with Crippen LogP contribution in [0.25, 0.3) is 11.5 Å². The molecule has 0 bridgehead atoms. The second kappa shape index (κ2) is 7.72. The highest BCUT2D eigenvalue weighted by Crippen LogP contribution is 2.22. The number of hydrogen-bond donors (Lipinski definition) is 0. The Hall–Kier alpha value is -3.35. The lowest BCUT2D eigenvalue weighted by Crippen LogP contribution is -2.50. The van der Waals surface area contributed by atoms with E-state index in [-0.39, 0.29) is 18.2 Å². The first-order valence-corrected chi connectivity index (χ1v) is 9.24. The number of amides is 2.